The minimum atomic E-state index is -3.57. The van der Waals surface area contributed by atoms with Crippen molar-refractivity contribution in [1.82, 2.24) is 9.62 Å². The maximum atomic E-state index is 12.7. The molecule has 0 aromatic carbocycles. The molecule has 0 spiro atoms. The highest BCUT2D eigenvalue weighted by Gasteiger charge is 2.44. The fourth-order valence-electron chi connectivity index (χ4n) is 2.90. The van der Waals surface area contributed by atoms with Gasteiger partial charge in [-0.1, -0.05) is 6.42 Å². The van der Waals surface area contributed by atoms with Gasteiger partial charge in [-0.05, 0) is 12.8 Å². The third kappa shape index (κ3) is 2.95. The van der Waals surface area contributed by atoms with Crippen LogP contribution in [0, 0.1) is 5.92 Å². The molecule has 1 saturated carbocycles. The van der Waals surface area contributed by atoms with Crippen LogP contribution in [-0.2, 0) is 24.3 Å². The summed E-state index contributed by atoms with van der Waals surface area (Å²) in [5.41, 5.74) is 0. The lowest BCUT2D eigenvalue weighted by Gasteiger charge is -2.26. The van der Waals surface area contributed by atoms with Crippen LogP contribution in [0.25, 0.3) is 0 Å². The molecule has 2 unspecified atom stereocenters. The Bertz CT molecular complexity index is 490. The van der Waals surface area contributed by atoms with Crippen LogP contribution in [-0.4, -0.2) is 56.6 Å². The number of nitrogens with one attached hydrogen (secondary N) is 1. The summed E-state index contributed by atoms with van der Waals surface area (Å²) in [6.07, 6.45) is 1.88. The van der Waals surface area contributed by atoms with Crippen molar-refractivity contribution < 1.29 is 22.7 Å². The molecule has 1 saturated heterocycles. The van der Waals surface area contributed by atoms with Crippen LogP contribution >= 0.6 is 0 Å². The van der Waals surface area contributed by atoms with E-state index in [1.54, 1.807) is 0 Å². The highest BCUT2D eigenvalue weighted by Crippen LogP contribution is 2.33. The van der Waals surface area contributed by atoms with E-state index in [9.17, 15) is 18.0 Å². The van der Waals surface area contributed by atoms with Gasteiger partial charge in [0.2, 0.25) is 15.9 Å². The van der Waals surface area contributed by atoms with Crippen LogP contribution in [0.3, 0.4) is 0 Å². The van der Waals surface area contributed by atoms with E-state index in [1.165, 1.54) is 11.4 Å². The molecule has 1 heterocycles. The van der Waals surface area contributed by atoms with Crippen molar-refractivity contribution in [2.45, 2.75) is 30.9 Å². The Hall–Kier alpha value is -1.15. The molecule has 1 amide bonds. The summed E-state index contributed by atoms with van der Waals surface area (Å²) < 4.78 is 31.3. The molecule has 1 aliphatic heterocycles. The van der Waals surface area contributed by atoms with Gasteiger partial charge in [-0.25, -0.2) is 8.42 Å². The fourth-order valence-corrected chi connectivity index (χ4v) is 5.10. The second-order valence-corrected chi connectivity index (χ2v) is 7.29. The van der Waals surface area contributed by atoms with Gasteiger partial charge in [-0.15, -0.1) is 0 Å². The maximum absolute atomic E-state index is 12.7. The summed E-state index contributed by atoms with van der Waals surface area (Å²) in [7, 11) is -2.30. The molecule has 2 rings (SSSR count). The zero-order valence-electron chi connectivity index (χ0n) is 11.5. The number of ether oxygens (including phenoxy) is 1. The first-order valence-electron chi connectivity index (χ1n) is 6.80. The Morgan fingerprint density at radius 2 is 2.10 bits per heavy atom. The molecule has 0 aromatic heterocycles. The van der Waals surface area contributed by atoms with E-state index >= 15 is 0 Å². The van der Waals surface area contributed by atoms with E-state index in [0.29, 0.717) is 25.8 Å². The number of methoxy groups -OCH3 is 1. The Labute approximate surface area is 118 Å². The lowest BCUT2D eigenvalue weighted by atomic mass is 10.1. The van der Waals surface area contributed by atoms with Gasteiger partial charge < -0.3 is 10.1 Å². The lowest BCUT2D eigenvalue weighted by molar-refractivity contribution is -0.145. The smallest absolute Gasteiger partial charge is 0.310 e. The highest BCUT2D eigenvalue weighted by atomic mass is 32.2. The van der Waals surface area contributed by atoms with Gasteiger partial charge in [0.05, 0.1) is 18.3 Å². The number of carbonyl (C=O) groups is 2. The summed E-state index contributed by atoms with van der Waals surface area (Å²) in [5, 5.41) is 1.93. The summed E-state index contributed by atoms with van der Waals surface area (Å²) in [6, 6.07) is 0. The largest absolute Gasteiger partial charge is 0.469 e. The van der Waals surface area contributed by atoms with Gasteiger partial charge in [0.1, 0.15) is 0 Å². The molecule has 7 nitrogen and oxygen atoms in total. The SMILES string of the molecule is COC(=O)C1CCCC1S(=O)(=O)N1CCNC(=O)CC1. The van der Waals surface area contributed by atoms with Crippen molar-refractivity contribution in [2.75, 3.05) is 26.7 Å². The lowest BCUT2D eigenvalue weighted by Crippen LogP contribution is -2.43. The molecule has 0 aromatic rings. The second kappa shape index (κ2) is 6.09. The first-order valence-corrected chi connectivity index (χ1v) is 8.30. The van der Waals surface area contributed by atoms with Crippen molar-refractivity contribution in [3.63, 3.8) is 0 Å². The molecule has 20 heavy (non-hydrogen) atoms. The second-order valence-electron chi connectivity index (χ2n) is 5.14. The van der Waals surface area contributed by atoms with Crippen LogP contribution < -0.4 is 5.32 Å². The first kappa shape index (κ1) is 15.2. The Morgan fingerprint density at radius 3 is 2.80 bits per heavy atom. The zero-order chi connectivity index (χ0) is 14.8. The van der Waals surface area contributed by atoms with E-state index in [4.69, 9.17) is 4.74 Å². The number of esters is 1. The highest BCUT2D eigenvalue weighted by molar-refractivity contribution is 7.89. The number of hydrogen-bond acceptors (Lipinski definition) is 5. The van der Waals surface area contributed by atoms with E-state index in [1.807, 2.05) is 0 Å². The summed E-state index contributed by atoms with van der Waals surface area (Å²) >= 11 is 0. The average Bonchev–Trinajstić information content (AvgIpc) is 2.81. The number of nitrogens with zero attached hydrogens (tertiary/aromatic N) is 1. The number of carbonyl (C=O) groups excluding carboxylic acids is 2. The van der Waals surface area contributed by atoms with E-state index in [-0.39, 0.29) is 25.4 Å². The van der Waals surface area contributed by atoms with Gasteiger partial charge in [-0.2, -0.15) is 4.31 Å². The van der Waals surface area contributed by atoms with Crippen molar-refractivity contribution >= 4 is 21.9 Å². The molecule has 2 atom stereocenters. The molecule has 2 fully saturated rings. The molecule has 0 radical (unpaired) electrons. The van der Waals surface area contributed by atoms with Gasteiger partial charge in [-0.3, -0.25) is 9.59 Å². The predicted octanol–water partition coefficient (Wildman–Crippen LogP) is -0.520. The Kier molecular flexibility index (Phi) is 4.64. The van der Waals surface area contributed by atoms with Gasteiger partial charge in [0.15, 0.2) is 0 Å². The number of sulfonamides is 1. The molecule has 114 valence electrons. The van der Waals surface area contributed by atoms with Crippen molar-refractivity contribution in [3.05, 3.63) is 0 Å². The summed E-state index contributed by atoms with van der Waals surface area (Å²) in [5.74, 6) is -1.18. The molecule has 2 aliphatic rings. The van der Waals surface area contributed by atoms with Gasteiger partial charge in [0, 0.05) is 26.1 Å². The maximum Gasteiger partial charge on any atom is 0.310 e. The third-order valence-electron chi connectivity index (χ3n) is 3.97. The third-order valence-corrected chi connectivity index (χ3v) is 6.38. The molecule has 1 aliphatic carbocycles. The normalized spacial score (nSPS) is 28.8. The van der Waals surface area contributed by atoms with Gasteiger partial charge >= 0.3 is 5.97 Å². The van der Waals surface area contributed by atoms with Crippen LogP contribution in [0.4, 0.5) is 0 Å². The van der Waals surface area contributed by atoms with Gasteiger partial charge in [0.25, 0.3) is 0 Å². The molecule has 8 heteroatoms. The molecular formula is C12H20N2O5S. The molecule has 1 N–H and O–H groups in total. The van der Waals surface area contributed by atoms with Crippen molar-refractivity contribution in [1.29, 1.82) is 0 Å². The summed E-state index contributed by atoms with van der Waals surface area (Å²) in [4.78, 5) is 23.0. The van der Waals surface area contributed by atoms with Crippen LogP contribution in [0.5, 0.6) is 0 Å². The Balaban J connectivity index is 2.16. The number of amides is 1. The average molecular weight is 304 g/mol. The van der Waals surface area contributed by atoms with Crippen LogP contribution in [0.2, 0.25) is 0 Å². The number of rotatable bonds is 3. The minimum Gasteiger partial charge on any atom is -0.469 e. The van der Waals surface area contributed by atoms with Crippen LogP contribution in [0.1, 0.15) is 25.7 Å². The molecular weight excluding hydrogens is 284 g/mol. The quantitative estimate of drug-likeness (QED) is 0.708. The number of hydrogen-bond donors (Lipinski definition) is 1. The first-order chi connectivity index (χ1) is 9.46. The minimum absolute atomic E-state index is 0.140. The predicted molar refractivity (Wildman–Crippen MR) is 71.3 cm³/mol. The summed E-state index contributed by atoms with van der Waals surface area (Å²) in [6.45, 7) is 0.755. The zero-order valence-corrected chi connectivity index (χ0v) is 12.3. The monoisotopic (exact) mass is 304 g/mol. The Morgan fingerprint density at radius 1 is 1.35 bits per heavy atom. The van der Waals surface area contributed by atoms with E-state index in [2.05, 4.69) is 5.32 Å². The topological polar surface area (TPSA) is 92.8 Å². The van der Waals surface area contributed by atoms with Crippen molar-refractivity contribution in [2.24, 2.45) is 5.92 Å². The molecule has 0 bridgehead atoms. The standard InChI is InChI=1S/C12H20N2O5S/c1-19-12(16)9-3-2-4-10(9)20(17,18)14-7-5-11(15)13-6-8-14/h9-10H,2-8H2,1H3,(H,13,15). The van der Waals surface area contributed by atoms with E-state index in [0.717, 1.165) is 0 Å². The van der Waals surface area contributed by atoms with Crippen LogP contribution in [0.15, 0.2) is 0 Å². The van der Waals surface area contributed by atoms with Crippen molar-refractivity contribution in [3.8, 4) is 0 Å². The fraction of sp³-hybridized carbons (Fsp3) is 0.833. The van der Waals surface area contributed by atoms with E-state index < -0.39 is 27.2 Å².